The number of phenols is 1. The predicted octanol–water partition coefficient (Wildman–Crippen LogP) is 2.61. The number of benzene rings is 2. The molecule has 0 bridgehead atoms. The molecule has 0 saturated heterocycles. The summed E-state index contributed by atoms with van der Waals surface area (Å²) in [7, 11) is 0. The summed E-state index contributed by atoms with van der Waals surface area (Å²) in [4.78, 5) is 24.9. The highest BCUT2D eigenvalue weighted by atomic mass is 35.5. The standard InChI is InChI=1S/C16H12ClNO4/c17-9-5-6-11(13(19)7-9)15-10-3-1-2-4-12(10)18(16(15)22)8-14(20)21/h1-7,15,19H,8H2,(H,20,21). The zero-order chi connectivity index (χ0) is 15.9. The molecule has 22 heavy (non-hydrogen) atoms. The monoisotopic (exact) mass is 317 g/mol. The topological polar surface area (TPSA) is 77.8 Å². The smallest absolute Gasteiger partial charge is 0.323 e. The molecule has 0 aromatic heterocycles. The number of fused-ring (bicyclic) bond motifs is 1. The second-order valence-corrected chi connectivity index (χ2v) is 5.45. The average molecular weight is 318 g/mol. The molecule has 1 unspecified atom stereocenters. The maximum Gasteiger partial charge on any atom is 0.323 e. The van der Waals surface area contributed by atoms with E-state index in [1.54, 1.807) is 36.4 Å². The number of carboxylic acid groups (broad SMARTS) is 1. The Hall–Kier alpha value is -2.53. The van der Waals surface area contributed by atoms with Gasteiger partial charge in [0, 0.05) is 16.3 Å². The van der Waals surface area contributed by atoms with E-state index in [1.807, 2.05) is 0 Å². The number of nitrogens with zero attached hydrogens (tertiary/aromatic N) is 1. The third-order valence-corrected chi connectivity index (χ3v) is 3.88. The van der Waals surface area contributed by atoms with E-state index in [2.05, 4.69) is 0 Å². The number of anilines is 1. The number of carbonyl (C=O) groups excluding carboxylic acids is 1. The molecular formula is C16H12ClNO4. The van der Waals surface area contributed by atoms with Gasteiger partial charge in [0.15, 0.2) is 0 Å². The fourth-order valence-corrected chi connectivity index (χ4v) is 2.91. The van der Waals surface area contributed by atoms with E-state index in [9.17, 15) is 14.7 Å². The van der Waals surface area contributed by atoms with Crippen molar-refractivity contribution >= 4 is 29.2 Å². The van der Waals surface area contributed by atoms with E-state index in [4.69, 9.17) is 16.7 Å². The first-order chi connectivity index (χ1) is 10.5. The summed E-state index contributed by atoms with van der Waals surface area (Å²) < 4.78 is 0. The molecule has 1 aliphatic heterocycles. The van der Waals surface area contributed by atoms with Crippen molar-refractivity contribution in [2.45, 2.75) is 5.92 Å². The molecular weight excluding hydrogens is 306 g/mol. The Morgan fingerprint density at radius 2 is 1.91 bits per heavy atom. The van der Waals surface area contributed by atoms with Crippen LogP contribution in [0.25, 0.3) is 0 Å². The molecule has 0 aliphatic carbocycles. The SMILES string of the molecule is O=C(O)CN1C(=O)C(c2ccc(Cl)cc2O)c2ccccc21. The van der Waals surface area contributed by atoms with E-state index < -0.39 is 18.4 Å². The lowest BCUT2D eigenvalue weighted by Gasteiger charge is -2.16. The number of hydrogen-bond donors (Lipinski definition) is 2. The maximum absolute atomic E-state index is 12.7. The summed E-state index contributed by atoms with van der Waals surface area (Å²) >= 11 is 5.82. The van der Waals surface area contributed by atoms with Gasteiger partial charge in [-0.1, -0.05) is 35.9 Å². The van der Waals surface area contributed by atoms with E-state index >= 15 is 0 Å². The van der Waals surface area contributed by atoms with Gasteiger partial charge in [0.2, 0.25) is 5.91 Å². The van der Waals surface area contributed by atoms with Crippen LogP contribution in [0.15, 0.2) is 42.5 Å². The Morgan fingerprint density at radius 3 is 2.59 bits per heavy atom. The van der Waals surface area contributed by atoms with E-state index in [1.165, 1.54) is 11.0 Å². The van der Waals surface area contributed by atoms with Crippen molar-refractivity contribution in [2.75, 3.05) is 11.4 Å². The zero-order valence-electron chi connectivity index (χ0n) is 11.4. The van der Waals surface area contributed by atoms with Gasteiger partial charge >= 0.3 is 5.97 Å². The van der Waals surface area contributed by atoms with Crippen molar-refractivity contribution < 1.29 is 19.8 Å². The number of carbonyl (C=O) groups is 2. The Balaban J connectivity index is 2.12. The Morgan fingerprint density at radius 1 is 1.18 bits per heavy atom. The van der Waals surface area contributed by atoms with Crippen molar-refractivity contribution in [1.29, 1.82) is 0 Å². The molecule has 0 fully saturated rings. The Labute approximate surface area is 131 Å². The fourth-order valence-electron chi connectivity index (χ4n) is 2.74. The molecule has 2 aromatic carbocycles. The second kappa shape index (κ2) is 5.35. The zero-order valence-corrected chi connectivity index (χ0v) is 12.1. The van der Waals surface area contributed by atoms with Crippen LogP contribution >= 0.6 is 11.6 Å². The average Bonchev–Trinajstić information content (AvgIpc) is 2.72. The van der Waals surface area contributed by atoms with Gasteiger partial charge in [0.25, 0.3) is 0 Å². The van der Waals surface area contributed by atoms with Crippen LogP contribution in [0.1, 0.15) is 17.0 Å². The Bertz CT molecular complexity index is 774. The van der Waals surface area contributed by atoms with Gasteiger partial charge in [-0.3, -0.25) is 9.59 Å². The summed E-state index contributed by atoms with van der Waals surface area (Å²) in [6, 6.07) is 11.5. The van der Waals surface area contributed by atoms with Gasteiger partial charge in [0.05, 0.1) is 5.92 Å². The molecule has 1 atom stereocenters. The van der Waals surface area contributed by atoms with Crippen molar-refractivity contribution in [3.8, 4) is 5.75 Å². The van der Waals surface area contributed by atoms with Crippen LogP contribution < -0.4 is 4.90 Å². The van der Waals surface area contributed by atoms with Gasteiger partial charge in [-0.15, -0.1) is 0 Å². The molecule has 0 spiro atoms. The molecule has 112 valence electrons. The lowest BCUT2D eigenvalue weighted by atomic mass is 9.92. The van der Waals surface area contributed by atoms with Gasteiger partial charge in [0.1, 0.15) is 12.3 Å². The van der Waals surface area contributed by atoms with Gasteiger partial charge in [-0.05, 0) is 23.8 Å². The summed E-state index contributed by atoms with van der Waals surface area (Å²) in [6.45, 7) is -0.416. The number of phenolic OH excluding ortho intramolecular Hbond substituents is 1. The molecule has 5 nitrogen and oxygen atoms in total. The number of para-hydroxylation sites is 1. The minimum absolute atomic E-state index is 0.0853. The molecule has 1 amide bonds. The van der Waals surface area contributed by atoms with Crippen LogP contribution in [0.3, 0.4) is 0 Å². The largest absolute Gasteiger partial charge is 0.508 e. The van der Waals surface area contributed by atoms with E-state index in [-0.39, 0.29) is 11.7 Å². The van der Waals surface area contributed by atoms with Crippen LogP contribution in [0, 0.1) is 0 Å². The molecule has 1 aliphatic rings. The highest BCUT2D eigenvalue weighted by Gasteiger charge is 2.39. The molecule has 3 rings (SSSR count). The first-order valence-corrected chi connectivity index (χ1v) is 6.97. The summed E-state index contributed by atoms with van der Waals surface area (Å²) in [5, 5.41) is 19.5. The Kier molecular flexibility index (Phi) is 3.50. The first kappa shape index (κ1) is 14.4. The van der Waals surface area contributed by atoms with E-state index in [0.717, 1.165) is 0 Å². The number of aliphatic carboxylic acids is 1. The molecule has 1 heterocycles. The lowest BCUT2D eigenvalue weighted by molar-refractivity contribution is -0.136. The summed E-state index contributed by atoms with van der Waals surface area (Å²) in [5.74, 6) is -2.28. The minimum atomic E-state index is -1.09. The fraction of sp³-hybridized carbons (Fsp3) is 0.125. The van der Waals surface area contributed by atoms with Crippen molar-refractivity contribution in [2.24, 2.45) is 0 Å². The highest BCUT2D eigenvalue weighted by molar-refractivity contribution is 6.30. The second-order valence-electron chi connectivity index (χ2n) is 5.01. The molecule has 0 radical (unpaired) electrons. The van der Waals surface area contributed by atoms with Crippen molar-refractivity contribution in [1.82, 2.24) is 0 Å². The summed E-state index contributed by atoms with van der Waals surface area (Å²) in [5.41, 5.74) is 1.63. The first-order valence-electron chi connectivity index (χ1n) is 6.59. The number of halogens is 1. The third kappa shape index (κ3) is 2.29. The quantitative estimate of drug-likeness (QED) is 0.912. The molecule has 2 aromatic rings. The summed E-state index contributed by atoms with van der Waals surface area (Å²) in [6.07, 6.45) is 0. The van der Waals surface area contributed by atoms with Gasteiger partial charge in [-0.25, -0.2) is 0 Å². The van der Waals surface area contributed by atoms with Crippen molar-refractivity contribution in [3.63, 3.8) is 0 Å². The number of rotatable bonds is 3. The van der Waals surface area contributed by atoms with E-state index in [0.29, 0.717) is 21.8 Å². The lowest BCUT2D eigenvalue weighted by Crippen LogP contribution is -2.34. The van der Waals surface area contributed by atoms with Crippen LogP contribution in [0.4, 0.5) is 5.69 Å². The normalized spacial score (nSPS) is 16.7. The minimum Gasteiger partial charge on any atom is -0.508 e. The number of aromatic hydroxyl groups is 1. The van der Waals surface area contributed by atoms with Crippen LogP contribution in [0.2, 0.25) is 5.02 Å². The number of amides is 1. The molecule has 0 saturated carbocycles. The van der Waals surface area contributed by atoms with Crippen LogP contribution in [-0.2, 0) is 9.59 Å². The maximum atomic E-state index is 12.7. The number of carboxylic acids is 1. The van der Waals surface area contributed by atoms with Crippen molar-refractivity contribution in [3.05, 3.63) is 58.6 Å². The van der Waals surface area contributed by atoms with Crippen LogP contribution in [-0.4, -0.2) is 28.6 Å². The molecule has 6 heteroatoms. The predicted molar refractivity (Wildman–Crippen MR) is 81.4 cm³/mol. The molecule has 2 N–H and O–H groups in total. The van der Waals surface area contributed by atoms with Gasteiger partial charge in [-0.2, -0.15) is 0 Å². The highest BCUT2D eigenvalue weighted by Crippen LogP contribution is 2.43. The van der Waals surface area contributed by atoms with Crippen LogP contribution in [0.5, 0.6) is 5.75 Å². The third-order valence-electron chi connectivity index (χ3n) is 3.65. The number of hydrogen-bond acceptors (Lipinski definition) is 3. The van der Waals surface area contributed by atoms with Gasteiger partial charge < -0.3 is 15.1 Å².